The first kappa shape index (κ1) is 15.4. The number of para-hydroxylation sites is 1. The van der Waals surface area contributed by atoms with Gasteiger partial charge >= 0.3 is 0 Å². The number of hydrogen-bond donors (Lipinski definition) is 1. The maximum Gasteiger partial charge on any atom is 0.124 e. The molecule has 0 amide bonds. The summed E-state index contributed by atoms with van der Waals surface area (Å²) >= 11 is 0. The molecule has 1 aliphatic carbocycles. The molecule has 2 heteroatoms. The van der Waals surface area contributed by atoms with Crippen molar-refractivity contribution in [2.45, 2.75) is 57.9 Å². The summed E-state index contributed by atoms with van der Waals surface area (Å²) in [4.78, 5) is 0. The molecule has 0 radical (unpaired) electrons. The van der Waals surface area contributed by atoms with Crippen molar-refractivity contribution in [1.82, 2.24) is 5.32 Å². The van der Waals surface area contributed by atoms with E-state index in [0.29, 0.717) is 6.04 Å². The van der Waals surface area contributed by atoms with Gasteiger partial charge in [-0.25, -0.2) is 0 Å². The third-order valence-electron chi connectivity index (χ3n) is 4.40. The predicted octanol–water partition coefficient (Wildman–Crippen LogP) is 4.71. The van der Waals surface area contributed by atoms with Crippen molar-refractivity contribution in [3.63, 3.8) is 0 Å². The summed E-state index contributed by atoms with van der Waals surface area (Å²) in [7, 11) is 2.07. The van der Waals surface area contributed by atoms with Crippen molar-refractivity contribution in [3.05, 3.63) is 29.8 Å². The molecule has 1 N–H and O–H groups in total. The van der Waals surface area contributed by atoms with Gasteiger partial charge in [0.25, 0.3) is 0 Å². The molecule has 1 aliphatic rings. The van der Waals surface area contributed by atoms with E-state index in [1.807, 2.05) is 0 Å². The highest BCUT2D eigenvalue weighted by atomic mass is 16.5. The minimum absolute atomic E-state index is 0.422. The Hall–Kier alpha value is -1.02. The third-order valence-corrected chi connectivity index (χ3v) is 4.40. The molecule has 1 unspecified atom stereocenters. The van der Waals surface area contributed by atoms with E-state index in [1.54, 1.807) is 0 Å². The van der Waals surface area contributed by atoms with Crippen LogP contribution in [-0.2, 0) is 0 Å². The molecule has 2 rings (SSSR count). The average Bonchev–Trinajstić information content (AvgIpc) is 2.52. The predicted molar refractivity (Wildman–Crippen MR) is 85.2 cm³/mol. The highest BCUT2D eigenvalue weighted by Crippen LogP contribution is 2.34. The molecule has 0 bridgehead atoms. The summed E-state index contributed by atoms with van der Waals surface area (Å²) in [5.41, 5.74) is 1.33. The molecule has 112 valence electrons. The molecule has 0 aromatic heterocycles. The van der Waals surface area contributed by atoms with E-state index in [-0.39, 0.29) is 0 Å². The Morgan fingerprint density at radius 1 is 1.20 bits per heavy atom. The lowest BCUT2D eigenvalue weighted by Gasteiger charge is -2.27. The molecular weight excluding hydrogens is 246 g/mol. The van der Waals surface area contributed by atoms with Gasteiger partial charge in [0.1, 0.15) is 5.75 Å². The minimum atomic E-state index is 0.422. The van der Waals surface area contributed by atoms with Gasteiger partial charge in [-0.2, -0.15) is 0 Å². The molecule has 1 atom stereocenters. The van der Waals surface area contributed by atoms with Crippen molar-refractivity contribution in [2.24, 2.45) is 5.92 Å². The van der Waals surface area contributed by atoms with Gasteiger partial charge in [0.2, 0.25) is 0 Å². The van der Waals surface area contributed by atoms with Gasteiger partial charge in [-0.3, -0.25) is 0 Å². The fourth-order valence-corrected chi connectivity index (χ4v) is 3.27. The number of hydrogen-bond acceptors (Lipinski definition) is 2. The van der Waals surface area contributed by atoms with Crippen LogP contribution in [0.5, 0.6) is 5.75 Å². The molecule has 0 heterocycles. The molecule has 0 spiro atoms. The largest absolute Gasteiger partial charge is 0.493 e. The second kappa shape index (κ2) is 8.31. The second-order valence-electron chi connectivity index (χ2n) is 5.97. The third kappa shape index (κ3) is 4.24. The van der Waals surface area contributed by atoms with Crippen molar-refractivity contribution < 1.29 is 4.74 Å². The van der Waals surface area contributed by atoms with E-state index >= 15 is 0 Å². The number of rotatable bonds is 7. The van der Waals surface area contributed by atoms with Crippen molar-refractivity contribution in [2.75, 3.05) is 13.7 Å². The number of nitrogens with one attached hydrogen (secondary N) is 1. The summed E-state index contributed by atoms with van der Waals surface area (Å²) in [5.74, 6) is 1.94. The van der Waals surface area contributed by atoms with Crippen LogP contribution in [0.2, 0.25) is 0 Å². The first-order valence-electron chi connectivity index (χ1n) is 8.24. The van der Waals surface area contributed by atoms with Gasteiger partial charge in [-0.05, 0) is 31.9 Å². The molecule has 20 heavy (non-hydrogen) atoms. The summed E-state index contributed by atoms with van der Waals surface area (Å²) in [6.45, 7) is 2.96. The quantitative estimate of drug-likeness (QED) is 0.778. The van der Waals surface area contributed by atoms with Gasteiger partial charge in [0, 0.05) is 11.6 Å². The van der Waals surface area contributed by atoms with Gasteiger partial charge in [0.05, 0.1) is 6.61 Å². The van der Waals surface area contributed by atoms with Crippen molar-refractivity contribution in [3.8, 4) is 5.75 Å². The van der Waals surface area contributed by atoms with Crippen LogP contribution in [0.4, 0.5) is 0 Å². The zero-order valence-electron chi connectivity index (χ0n) is 13.0. The van der Waals surface area contributed by atoms with Crippen LogP contribution in [0.25, 0.3) is 0 Å². The molecule has 0 saturated heterocycles. The molecular formula is C18H29NO. The number of benzene rings is 1. The summed E-state index contributed by atoms with van der Waals surface area (Å²) in [6, 6.07) is 8.94. The Bertz CT molecular complexity index is 385. The summed E-state index contributed by atoms with van der Waals surface area (Å²) in [5, 5.41) is 3.50. The standard InChI is InChI=1S/C18H29NO/c1-3-13-20-18-12-8-7-11-16(18)17(19-2)14-15-9-5-4-6-10-15/h7-8,11-12,15,17,19H,3-6,9-10,13-14H2,1-2H3. The van der Waals surface area contributed by atoms with Crippen LogP contribution in [0.1, 0.15) is 63.5 Å². The maximum absolute atomic E-state index is 5.92. The van der Waals surface area contributed by atoms with Gasteiger partial charge in [0.15, 0.2) is 0 Å². The molecule has 0 aliphatic heterocycles. The fourth-order valence-electron chi connectivity index (χ4n) is 3.27. The van der Waals surface area contributed by atoms with Crippen LogP contribution < -0.4 is 10.1 Å². The van der Waals surface area contributed by atoms with Crippen LogP contribution in [0, 0.1) is 5.92 Å². The average molecular weight is 275 g/mol. The van der Waals surface area contributed by atoms with E-state index in [0.717, 1.165) is 24.7 Å². The van der Waals surface area contributed by atoms with Crippen LogP contribution in [0.3, 0.4) is 0 Å². The molecule has 1 saturated carbocycles. The second-order valence-corrected chi connectivity index (χ2v) is 5.97. The van der Waals surface area contributed by atoms with Crippen LogP contribution in [-0.4, -0.2) is 13.7 Å². The van der Waals surface area contributed by atoms with Crippen LogP contribution >= 0.6 is 0 Å². The van der Waals surface area contributed by atoms with E-state index in [9.17, 15) is 0 Å². The smallest absolute Gasteiger partial charge is 0.124 e. The number of ether oxygens (including phenoxy) is 1. The highest BCUT2D eigenvalue weighted by Gasteiger charge is 2.21. The Morgan fingerprint density at radius 2 is 1.95 bits per heavy atom. The molecule has 2 nitrogen and oxygen atoms in total. The Morgan fingerprint density at radius 3 is 2.65 bits per heavy atom. The van der Waals surface area contributed by atoms with Gasteiger partial charge < -0.3 is 10.1 Å². The lowest BCUT2D eigenvalue weighted by atomic mass is 9.83. The van der Waals surface area contributed by atoms with Crippen LogP contribution in [0.15, 0.2) is 24.3 Å². The van der Waals surface area contributed by atoms with Gasteiger partial charge in [-0.1, -0.05) is 57.2 Å². The minimum Gasteiger partial charge on any atom is -0.493 e. The van der Waals surface area contributed by atoms with E-state index < -0.39 is 0 Å². The zero-order valence-corrected chi connectivity index (χ0v) is 13.0. The SMILES string of the molecule is CCCOc1ccccc1C(CC1CCCCC1)NC. The normalized spacial score (nSPS) is 17.9. The highest BCUT2D eigenvalue weighted by molar-refractivity contribution is 5.36. The Labute approximate surface area is 123 Å². The first-order valence-corrected chi connectivity index (χ1v) is 8.24. The lowest BCUT2D eigenvalue weighted by Crippen LogP contribution is -2.22. The summed E-state index contributed by atoms with van der Waals surface area (Å²) < 4.78 is 5.92. The van der Waals surface area contributed by atoms with Crippen molar-refractivity contribution in [1.29, 1.82) is 0 Å². The molecule has 1 aromatic rings. The van der Waals surface area contributed by atoms with E-state index in [2.05, 4.69) is 43.6 Å². The zero-order chi connectivity index (χ0) is 14.2. The van der Waals surface area contributed by atoms with Crippen molar-refractivity contribution >= 4 is 0 Å². The molecule has 1 fully saturated rings. The monoisotopic (exact) mass is 275 g/mol. The lowest BCUT2D eigenvalue weighted by molar-refractivity contribution is 0.288. The Kier molecular flexibility index (Phi) is 6.38. The molecule has 1 aromatic carbocycles. The van der Waals surface area contributed by atoms with Gasteiger partial charge in [-0.15, -0.1) is 0 Å². The Balaban J connectivity index is 2.05. The van der Waals surface area contributed by atoms with E-state index in [4.69, 9.17) is 4.74 Å². The first-order chi connectivity index (χ1) is 9.85. The topological polar surface area (TPSA) is 21.3 Å². The maximum atomic E-state index is 5.92. The van der Waals surface area contributed by atoms with E-state index in [1.165, 1.54) is 44.1 Å². The summed E-state index contributed by atoms with van der Waals surface area (Å²) in [6.07, 6.45) is 9.34. The fraction of sp³-hybridized carbons (Fsp3) is 0.667.